The van der Waals surface area contributed by atoms with E-state index in [-0.39, 0.29) is 46.3 Å². The molecular weight excluding hydrogens is 361 g/mol. The summed E-state index contributed by atoms with van der Waals surface area (Å²) in [4.78, 5) is 24.3. The van der Waals surface area contributed by atoms with E-state index in [9.17, 15) is 14.0 Å². The van der Waals surface area contributed by atoms with Crippen LogP contribution in [0.15, 0.2) is 18.2 Å². The van der Waals surface area contributed by atoms with Gasteiger partial charge in [-0.05, 0) is 50.8 Å². The van der Waals surface area contributed by atoms with Crippen LogP contribution in [0.3, 0.4) is 0 Å². The van der Waals surface area contributed by atoms with Crippen molar-refractivity contribution in [2.24, 2.45) is 0 Å². The van der Waals surface area contributed by atoms with Gasteiger partial charge in [0.1, 0.15) is 11.6 Å². The zero-order valence-corrected chi connectivity index (χ0v) is 15.0. The third-order valence-electron chi connectivity index (χ3n) is 5.46. The minimum Gasteiger partial charge on any atom is -0.484 e. The van der Waals surface area contributed by atoms with Crippen molar-refractivity contribution < 1.29 is 18.7 Å². The lowest BCUT2D eigenvalue weighted by atomic mass is 9.44. The second kappa shape index (κ2) is 6.39. The van der Waals surface area contributed by atoms with Crippen LogP contribution in [0.4, 0.5) is 4.39 Å². The number of ether oxygens (including phenoxy) is 1. The molecule has 1 aromatic carbocycles. The molecule has 1 saturated heterocycles. The fourth-order valence-electron chi connectivity index (χ4n) is 4.36. The predicted octanol–water partition coefficient (Wildman–Crippen LogP) is 1.52. The maximum absolute atomic E-state index is 13.4. The molecule has 3 saturated carbocycles. The van der Waals surface area contributed by atoms with Crippen LogP contribution in [-0.2, 0) is 9.59 Å². The highest BCUT2D eigenvalue weighted by Gasteiger charge is 2.69. The van der Waals surface area contributed by atoms with E-state index in [4.69, 9.17) is 16.3 Å². The molecule has 1 atom stereocenters. The highest BCUT2D eigenvalue weighted by atomic mass is 35.5. The molecule has 3 N–H and O–H groups in total. The zero-order valence-electron chi connectivity index (χ0n) is 14.2. The van der Waals surface area contributed by atoms with Gasteiger partial charge in [-0.1, -0.05) is 11.6 Å². The zero-order chi connectivity index (χ0) is 18.4. The first-order chi connectivity index (χ1) is 12.4. The molecule has 1 aliphatic heterocycles. The molecule has 3 aliphatic carbocycles. The smallest absolute Gasteiger partial charge is 0.258 e. The number of halogens is 2. The lowest BCUT2D eigenvalue weighted by Crippen LogP contribution is -2.84. The molecule has 0 spiro atoms. The number of nitrogens with one attached hydrogen (secondary N) is 3. The molecule has 2 amide bonds. The molecule has 2 bridgehead atoms. The number of amides is 2. The van der Waals surface area contributed by atoms with Crippen LogP contribution in [0.2, 0.25) is 5.02 Å². The van der Waals surface area contributed by atoms with E-state index < -0.39 is 5.82 Å². The molecule has 1 heterocycles. The average Bonchev–Trinajstić information content (AvgIpc) is 3.07. The fourth-order valence-corrected chi connectivity index (χ4v) is 4.47. The third-order valence-corrected chi connectivity index (χ3v) is 5.77. The molecule has 1 unspecified atom stereocenters. The molecule has 1 aromatic rings. The summed E-state index contributed by atoms with van der Waals surface area (Å²) in [6.45, 7) is 0.705. The molecule has 4 aliphatic rings. The Bertz CT molecular complexity index is 731. The van der Waals surface area contributed by atoms with Gasteiger partial charge in [0.2, 0.25) is 5.91 Å². The lowest BCUT2D eigenvalue weighted by Gasteiger charge is -2.70. The number of benzene rings is 1. The number of carbonyl (C=O) groups is 2. The molecule has 0 aromatic heterocycles. The average molecular weight is 382 g/mol. The summed E-state index contributed by atoms with van der Waals surface area (Å²) in [6.07, 6.45) is 4.16. The Hall–Kier alpha value is -1.86. The van der Waals surface area contributed by atoms with E-state index in [1.165, 1.54) is 12.1 Å². The summed E-state index contributed by atoms with van der Waals surface area (Å²) in [5.41, 5.74) is -0.392. The molecule has 8 heteroatoms. The SMILES string of the molecule is O=C(COc1ccc(Cl)c(F)c1)NC12CC(NC(=O)C3CCCN3)(C1)C2. The molecule has 26 heavy (non-hydrogen) atoms. The maximum Gasteiger partial charge on any atom is 0.258 e. The van der Waals surface area contributed by atoms with Crippen LogP contribution in [-0.4, -0.2) is 42.1 Å². The van der Waals surface area contributed by atoms with Gasteiger partial charge in [-0.3, -0.25) is 9.59 Å². The van der Waals surface area contributed by atoms with Crippen molar-refractivity contribution in [1.82, 2.24) is 16.0 Å². The first-order valence-corrected chi connectivity index (χ1v) is 9.21. The van der Waals surface area contributed by atoms with Crippen LogP contribution < -0.4 is 20.7 Å². The Morgan fingerprint density at radius 2 is 2.00 bits per heavy atom. The van der Waals surface area contributed by atoms with Gasteiger partial charge in [0.15, 0.2) is 6.61 Å². The quantitative estimate of drug-likeness (QED) is 0.698. The molecule has 4 fully saturated rings. The number of rotatable bonds is 6. The van der Waals surface area contributed by atoms with E-state index in [0.717, 1.165) is 44.7 Å². The van der Waals surface area contributed by atoms with Crippen LogP contribution >= 0.6 is 11.6 Å². The Balaban J connectivity index is 1.21. The third kappa shape index (κ3) is 3.25. The largest absolute Gasteiger partial charge is 0.484 e. The topological polar surface area (TPSA) is 79.5 Å². The Labute approximate surface area is 155 Å². The number of hydrogen-bond donors (Lipinski definition) is 3. The predicted molar refractivity (Wildman–Crippen MR) is 93.5 cm³/mol. The molecule has 6 nitrogen and oxygen atoms in total. The van der Waals surface area contributed by atoms with Gasteiger partial charge in [0.25, 0.3) is 5.91 Å². The summed E-state index contributed by atoms with van der Waals surface area (Å²) in [5, 5.41) is 9.30. The normalized spacial score (nSPS) is 31.5. The summed E-state index contributed by atoms with van der Waals surface area (Å²) in [6, 6.07) is 3.97. The van der Waals surface area contributed by atoms with Crippen molar-refractivity contribution in [2.75, 3.05) is 13.2 Å². The van der Waals surface area contributed by atoms with Gasteiger partial charge in [0, 0.05) is 17.1 Å². The fraction of sp³-hybridized carbons (Fsp3) is 0.556. The van der Waals surface area contributed by atoms with Gasteiger partial charge < -0.3 is 20.7 Å². The van der Waals surface area contributed by atoms with Crippen molar-refractivity contribution in [3.8, 4) is 5.75 Å². The van der Waals surface area contributed by atoms with E-state index in [2.05, 4.69) is 16.0 Å². The lowest BCUT2D eigenvalue weighted by molar-refractivity contribution is -0.151. The van der Waals surface area contributed by atoms with E-state index in [0.29, 0.717) is 0 Å². The van der Waals surface area contributed by atoms with Crippen LogP contribution in [0, 0.1) is 5.82 Å². The summed E-state index contributed by atoms with van der Waals surface area (Å²) in [5.74, 6) is -0.515. The summed E-state index contributed by atoms with van der Waals surface area (Å²) < 4.78 is 18.7. The minimum atomic E-state index is -0.585. The van der Waals surface area contributed by atoms with Gasteiger partial charge in [0.05, 0.1) is 11.1 Å². The summed E-state index contributed by atoms with van der Waals surface area (Å²) >= 11 is 5.61. The second-order valence-electron chi connectivity index (χ2n) is 7.64. The Morgan fingerprint density at radius 1 is 1.27 bits per heavy atom. The highest BCUT2D eigenvalue weighted by molar-refractivity contribution is 6.30. The van der Waals surface area contributed by atoms with Gasteiger partial charge in [-0.2, -0.15) is 0 Å². The Morgan fingerprint density at radius 3 is 2.65 bits per heavy atom. The van der Waals surface area contributed by atoms with Crippen LogP contribution in [0.5, 0.6) is 5.75 Å². The molecule has 140 valence electrons. The number of carbonyl (C=O) groups excluding carboxylic acids is 2. The first-order valence-electron chi connectivity index (χ1n) is 8.83. The van der Waals surface area contributed by atoms with Crippen molar-refractivity contribution in [3.63, 3.8) is 0 Å². The van der Waals surface area contributed by atoms with Crippen molar-refractivity contribution in [3.05, 3.63) is 29.0 Å². The second-order valence-corrected chi connectivity index (χ2v) is 8.05. The van der Waals surface area contributed by atoms with Crippen molar-refractivity contribution in [1.29, 1.82) is 0 Å². The van der Waals surface area contributed by atoms with Gasteiger partial charge in [-0.15, -0.1) is 0 Å². The van der Waals surface area contributed by atoms with E-state index in [1.54, 1.807) is 0 Å². The first kappa shape index (κ1) is 17.5. The maximum atomic E-state index is 13.4. The highest BCUT2D eigenvalue weighted by Crippen LogP contribution is 2.60. The summed E-state index contributed by atoms with van der Waals surface area (Å²) in [7, 11) is 0. The van der Waals surface area contributed by atoms with Crippen LogP contribution in [0.25, 0.3) is 0 Å². The Kier molecular flexibility index (Phi) is 4.31. The monoisotopic (exact) mass is 381 g/mol. The number of hydrogen-bond acceptors (Lipinski definition) is 4. The van der Waals surface area contributed by atoms with Crippen LogP contribution in [0.1, 0.15) is 32.1 Å². The molecular formula is C18H21ClFN3O3. The standard InChI is InChI=1S/C18H21ClFN3O3/c19-12-4-3-11(6-13(12)20)26-7-15(24)22-17-8-18(9-17,10-17)23-16(25)14-2-1-5-21-14/h3-4,6,14,21H,1-2,5,7-10H2,(H,22,24)(H,23,25). The van der Waals surface area contributed by atoms with E-state index in [1.807, 2.05) is 0 Å². The molecule has 0 radical (unpaired) electrons. The van der Waals surface area contributed by atoms with Crippen molar-refractivity contribution >= 4 is 23.4 Å². The molecule has 5 rings (SSSR count). The van der Waals surface area contributed by atoms with Gasteiger partial charge in [-0.25, -0.2) is 4.39 Å². The van der Waals surface area contributed by atoms with E-state index >= 15 is 0 Å². The van der Waals surface area contributed by atoms with Crippen molar-refractivity contribution in [2.45, 2.75) is 49.2 Å². The minimum absolute atomic E-state index is 0.0100. The van der Waals surface area contributed by atoms with Gasteiger partial charge >= 0.3 is 0 Å².